The molecule has 1 rings (SSSR count). The molecule has 1 aliphatic rings. The van der Waals surface area contributed by atoms with Gasteiger partial charge in [-0.1, -0.05) is 13.8 Å². The summed E-state index contributed by atoms with van der Waals surface area (Å²) in [7, 11) is 1.67. The predicted octanol–water partition coefficient (Wildman–Crippen LogP) is 1.39. The summed E-state index contributed by atoms with van der Waals surface area (Å²) in [5.41, 5.74) is -0.172. The Morgan fingerprint density at radius 2 is 2.40 bits per heavy atom. The molecule has 0 saturated heterocycles. The second kappa shape index (κ2) is 2.35. The van der Waals surface area contributed by atoms with Gasteiger partial charge in [-0.2, -0.15) is 0 Å². The second-order valence-corrected chi connectivity index (χ2v) is 3.12. The maximum Gasteiger partial charge on any atom is 0.143 e. The molecular formula is C8H14O2. The molecule has 2 heteroatoms. The average molecular weight is 142 g/mol. The van der Waals surface area contributed by atoms with Crippen molar-refractivity contribution < 1.29 is 9.53 Å². The molecule has 2 atom stereocenters. The van der Waals surface area contributed by atoms with E-state index in [4.69, 9.17) is 4.74 Å². The summed E-state index contributed by atoms with van der Waals surface area (Å²) in [6.07, 6.45) is 1.68. The Morgan fingerprint density at radius 3 is 2.60 bits per heavy atom. The highest BCUT2D eigenvalue weighted by molar-refractivity contribution is 5.91. The summed E-state index contributed by atoms with van der Waals surface area (Å²) in [6, 6.07) is 0. The van der Waals surface area contributed by atoms with Crippen molar-refractivity contribution in [2.45, 2.75) is 32.8 Å². The van der Waals surface area contributed by atoms with E-state index in [2.05, 4.69) is 0 Å². The van der Waals surface area contributed by atoms with Gasteiger partial charge in [0.05, 0.1) is 11.5 Å². The summed E-state index contributed by atoms with van der Waals surface area (Å²) >= 11 is 0. The fourth-order valence-corrected chi connectivity index (χ4v) is 1.44. The summed E-state index contributed by atoms with van der Waals surface area (Å²) in [5.74, 6) is 0.349. The molecule has 0 aromatic rings. The Morgan fingerprint density at radius 1 is 1.80 bits per heavy atom. The number of Topliss-reactive ketones (excluding diaryl/α,β-unsaturated/α-hetero) is 1. The molecule has 0 bridgehead atoms. The van der Waals surface area contributed by atoms with Gasteiger partial charge in [-0.05, 0) is 6.42 Å². The number of ether oxygens (including phenoxy) is 1. The molecule has 58 valence electrons. The Labute approximate surface area is 61.6 Å². The molecule has 0 N–H and O–H groups in total. The van der Waals surface area contributed by atoms with E-state index in [1.165, 1.54) is 0 Å². The molecule has 1 fully saturated rings. The van der Waals surface area contributed by atoms with Crippen LogP contribution in [0.15, 0.2) is 0 Å². The van der Waals surface area contributed by atoms with Gasteiger partial charge in [-0.3, -0.25) is 4.79 Å². The van der Waals surface area contributed by atoms with Gasteiger partial charge in [-0.25, -0.2) is 0 Å². The second-order valence-electron chi connectivity index (χ2n) is 3.12. The van der Waals surface area contributed by atoms with E-state index in [9.17, 15) is 4.79 Å². The van der Waals surface area contributed by atoms with Crippen molar-refractivity contribution in [1.29, 1.82) is 0 Å². The van der Waals surface area contributed by atoms with Crippen molar-refractivity contribution >= 4 is 5.78 Å². The molecule has 0 spiro atoms. The van der Waals surface area contributed by atoms with Crippen molar-refractivity contribution in [3.8, 4) is 0 Å². The van der Waals surface area contributed by atoms with E-state index in [0.717, 1.165) is 6.42 Å². The monoisotopic (exact) mass is 142 g/mol. The van der Waals surface area contributed by atoms with Gasteiger partial charge >= 0.3 is 0 Å². The number of carbonyl (C=O) groups excluding carboxylic acids is 1. The summed E-state index contributed by atoms with van der Waals surface area (Å²) in [4.78, 5) is 11.1. The molecule has 1 aliphatic carbocycles. The van der Waals surface area contributed by atoms with Gasteiger partial charge in [0.25, 0.3) is 0 Å². The maximum absolute atomic E-state index is 11.1. The lowest BCUT2D eigenvalue weighted by atomic mass is 9.65. The molecule has 0 amide bonds. The van der Waals surface area contributed by atoms with E-state index in [0.29, 0.717) is 12.2 Å². The van der Waals surface area contributed by atoms with E-state index in [1.54, 1.807) is 7.11 Å². The molecule has 10 heavy (non-hydrogen) atoms. The highest BCUT2D eigenvalue weighted by Crippen LogP contribution is 2.41. The van der Waals surface area contributed by atoms with Gasteiger partial charge in [0.2, 0.25) is 0 Å². The number of hydrogen-bond donors (Lipinski definition) is 0. The van der Waals surface area contributed by atoms with Gasteiger partial charge in [0.15, 0.2) is 0 Å². The Hall–Kier alpha value is -0.370. The van der Waals surface area contributed by atoms with Crippen LogP contribution in [0.4, 0.5) is 0 Å². The normalized spacial score (nSPS) is 39.5. The Kier molecular flexibility index (Phi) is 1.82. The Bertz CT molecular complexity index is 153. The molecule has 0 aromatic heterocycles. The van der Waals surface area contributed by atoms with E-state index < -0.39 is 0 Å². The van der Waals surface area contributed by atoms with Crippen LogP contribution in [0.2, 0.25) is 0 Å². The molecule has 2 nitrogen and oxygen atoms in total. The van der Waals surface area contributed by atoms with E-state index in [1.807, 2.05) is 13.8 Å². The van der Waals surface area contributed by atoms with Crippen molar-refractivity contribution in [2.24, 2.45) is 5.41 Å². The molecule has 0 aromatic carbocycles. The first-order chi connectivity index (χ1) is 4.65. The lowest BCUT2D eigenvalue weighted by Crippen LogP contribution is -2.52. The quantitative estimate of drug-likeness (QED) is 0.582. The van der Waals surface area contributed by atoms with Crippen molar-refractivity contribution in [2.75, 3.05) is 7.11 Å². The Balaban J connectivity index is 2.63. The van der Waals surface area contributed by atoms with Gasteiger partial charge in [0.1, 0.15) is 5.78 Å². The zero-order valence-electron chi connectivity index (χ0n) is 6.81. The van der Waals surface area contributed by atoms with Gasteiger partial charge < -0.3 is 4.74 Å². The third-order valence-corrected chi connectivity index (χ3v) is 2.74. The number of rotatable bonds is 2. The third kappa shape index (κ3) is 0.788. The number of ketones is 1. The first kappa shape index (κ1) is 7.73. The molecular weight excluding hydrogens is 128 g/mol. The van der Waals surface area contributed by atoms with Crippen LogP contribution >= 0.6 is 0 Å². The number of hydrogen-bond acceptors (Lipinski definition) is 2. The SMILES string of the molecule is CCC1(C)C(=O)CC1OC. The average Bonchev–Trinajstić information content (AvgIpc) is 1.98. The molecule has 0 radical (unpaired) electrons. The molecule has 1 saturated carbocycles. The topological polar surface area (TPSA) is 26.3 Å². The molecule has 2 unspecified atom stereocenters. The van der Waals surface area contributed by atoms with Crippen LogP contribution in [0, 0.1) is 5.41 Å². The van der Waals surface area contributed by atoms with E-state index >= 15 is 0 Å². The number of methoxy groups -OCH3 is 1. The number of carbonyl (C=O) groups is 1. The van der Waals surface area contributed by atoms with Crippen molar-refractivity contribution in [1.82, 2.24) is 0 Å². The minimum absolute atomic E-state index is 0.171. The van der Waals surface area contributed by atoms with Gasteiger partial charge in [-0.15, -0.1) is 0 Å². The fourth-order valence-electron chi connectivity index (χ4n) is 1.44. The third-order valence-electron chi connectivity index (χ3n) is 2.74. The summed E-state index contributed by atoms with van der Waals surface area (Å²) < 4.78 is 5.14. The summed E-state index contributed by atoms with van der Waals surface area (Å²) in [5, 5.41) is 0. The minimum atomic E-state index is -0.172. The molecule has 0 heterocycles. The van der Waals surface area contributed by atoms with Crippen LogP contribution in [0.3, 0.4) is 0 Å². The van der Waals surface area contributed by atoms with Crippen LogP contribution in [0.1, 0.15) is 26.7 Å². The zero-order chi connectivity index (χ0) is 7.78. The highest BCUT2D eigenvalue weighted by Gasteiger charge is 2.49. The maximum atomic E-state index is 11.1. The van der Waals surface area contributed by atoms with Crippen LogP contribution < -0.4 is 0 Å². The van der Waals surface area contributed by atoms with E-state index in [-0.39, 0.29) is 11.5 Å². The lowest BCUT2D eigenvalue weighted by molar-refractivity contribution is -0.157. The largest absolute Gasteiger partial charge is 0.380 e. The fraction of sp³-hybridized carbons (Fsp3) is 0.875. The smallest absolute Gasteiger partial charge is 0.143 e. The lowest BCUT2D eigenvalue weighted by Gasteiger charge is -2.43. The summed E-state index contributed by atoms with van der Waals surface area (Å²) in [6.45, 7) is 4.01. The van der Waals surface area contributed by atoms with Crippen LogP contribution in [-0.2, 0) is 9.53 Å². The predicted molar refractivity (Wildman–Crippen MR) is 38.8 cm³/mol. The van der Waals surface area contributed by atoms with Crippen LogP contribution in [0.25, 0.3) is 0 Å². The van der Waals surface area contributed by atoms with Gasteiger partial charge in [0, 0.05) is 13.5 Å². The zero-order valence-corrected chi connectivity index (χ0v) is 6.81. The standard InChI is InChI=1S/C8H14O2/c1-4-8(2)6(9)5-7(8)10-3/h7H,4-5H2,1-3H3. The minimum Gasteiger partial charge on any atom is -0.380 e. The first-order valence-electron chi connectivity index (χ1n) is 3.71. The van der Waals surface area contributed by atoms with Crippen molar-refractivity contribution in [3.05, 3.63) is 0 Å². The van der Waals surface area contributed by atoms with Crippen LogP contribution in [-0.4, -0.2) is 19.0 Å². The molecule has 0 aliphatic heterocycles. The first-order valence-corrected chi connectivity index (χ1v) is 3.71. The van der Waals surface area contributed by atoms with Crippen LogP contribution in [0.5, 0.6) is 0 Å². The van der Waals surface area contributed by atoms with Crippen molar-refractivity contribution in [3.63, 3.8) is 0 Å². The highest BCUT2D eigenvalue weighted by atomic mass is 16.5.